The summed E-state index contributed by atoms with van der Waals surface area (Å²) in [5.74, 6) is -1.70. The van der Waals surface area contributed by atoms with Crippen molar-refractivity contribution in [3.8, 4) is 0 Å². The number of benzene rings is 1. The van der Waals surface area contributed by atoms with Crippen LogP contribution in [0.4, 0.5) is 0 Å². The van der Waals surface area contributed by atoms with Crippen molar-refractivity contribution in [2.75, 3.05) is 6.54 Å². The van der Waals surface area contributed by atoms with Gasteiger partial charge in [0.05, 0.1) is 0 Å². The smallest absolute Gasteiger partial charge is 0.326 e. The summed E-state index contributed by atoms with van der Waals surface area (Å²) >= 11 is 0. The van der Waals surface area contributed by atoms with E-state index in [1.54, 1.807) is 26.0 Å². The van der Waals surface area contributed by atoms with Crippen molar-refractivity contribution >= 4 is 17.8 Å². The Balaban J connectivity index is 0.00000288. The maximum atomic E-state index is 12.4. The number of nitrogens with zero attached hydrogens (tertiary/aromatic N) is 1. The summed E-state index contributed by atoms with van der Waals surface area (Å²) in [6.07, 6.45) is 1.12. The molecule has 2 N–H and O–H groups in total. The van der Waals surface area contributed by atoms with Crippen LogP contribution >= 0.6 is 0 Å². The average Bonchev–Trinajstić information content (AvgIpc) is 2.98. The van der Waals surface area contributed by atoms with E-state index in [-0.39, 0.29) is 44.5 Å². The minimum atomic E-state index is -1.00. The van der Waals surface area contributed by atoms with Gasteiger partial charge in [0.25, 0.3) is 0 Å². The molecule has 24 heavy (non-hydrogen) atoms. The summed E-state index contributed by atoms with van der Waals surface area (Å²) in [4.78, 5) is 37.3. The van der Waals surface area contributed by atoms with Gasteiger partial charge in [0.15, 0.2) is 0 Å². The minimum absolute atomic E-state index is 0. The molecule has 1 aromatic carbocycles. The van der Waals surface area contributed by atoms with Gasteiger partial charge in [0, 0.05) is 39.3 Å². The molecule has 0 unspecified atom stereocenters. The van der Waals surface area contributed by atoms with Gasteiger partial charge in [-0.1, -0.05) is 19.4 Å². The molecule has 1 fully saturated rings. The van der Waals surface area contributed by atoms with Crippen LogP contribution in [0.15, 0.2) is 12.1 Å². The average molecular weight is 406 g/mol. The molecule has 6 nitrogen and oxygen atoms in total. The molecule has 2 atom stereocenters. The van der Waals surface area contributed by atoms with Gasteiger partial charge in [-0.15, -0.1) is 5.56 Å². The number of nitrogens with one attached hydrogen (secondary N) is 1. The zero-order valence-electron chi connectivity index (χ0n) is 14.1. The van der Waals surface area contributed by atoms with E-state index >= 15 is 0 Å². The third kappa shape index (κ3) is 4.64. The van der Waals surface area contributed by atoms with E-state index in [0.29, 0.717) is 24.9 Å². The number of hydrogen-bond acceptors (Lipinski definition) is 3. The first-order valence-corrected chi connectivity index (χ1v) is 7.64. The number of aliphatic carboxylic acids is 1. The molecule has 1 aromatic rings. The summed E-state index contributed by atoms with van der Waals surface area (Å²) in [6.45, 7) is 5.63. The van der Waals surface area contributed by atoms with Crippen LogP contribution in [-0.2, 0) is 42.3 Å². The van der Waals surface area contributed by atoms with E-state index < -0.39 is 18.1 Å². The van der Waals surface area contributed by atoms with Gasteiger partial charge in [-0.25, -0.2) is 4.79 Å². The molecule has 0 saturated carbocycles. The van der Waals surface area contributed by atoms with Crippen molar-refractivity contribution in [1.82, 2.24) is 10.2 Å². The molecular weight excluding hydrogens is 385 g/mol. The number of aryl methyl sites for hydroxylation is 2. The minimum Gasteiger partial charge on any atom is -0.480 e. The summed E-state index contributed by atoms with van der Waals surface area (Å²) in [7, 11) is 0. The Hall–Kier alpha value is -1.27. The van der Waals surface area contributed by atoms with Gasteiger partial charge in [0.2, 0.25) is 11.8 Å². The Morgan fingerprint density at radius 3 is 2.67 bits per heavy atom. The number of rotatable bonds is 4. The fourth-order valence-electron chi connectivity index (χ4n) is 2.79. The first-order valence-electron chi connectivity index (χ1n) is 7.64. The van der Waals surface area contributed by atoms with Crippen molar-refractivity contribution < 1.29 is 52.2 Å². The van der Waals surface area contributed by atoms with E-state index in [0.717, 1.165) is 11.1 Å². The monoisotopic (exact) mass is 406 g/mol. The second-order valence-electron chi connectivity index (χ2n) is 5.94. The van der Waals surface area contributed by atoms with E-state index in [1.165, 1.54) is 4.90 Å². The zero-order chi connectivity index (χ0) is 17.1. The van der Waals surface area contributed by atoms with Crippen molar-refractivity contribution in [3.05, 3.63) is 34.9 Å². The third-order valence-electron chi connectivity index (χ3n) is 4.09. The number of hydrogen-bond donors (Lipinski definition) is 2. The van der Waals surface area contributed by atoms with Crippen LogP contribution < -0.4 is 5.32 Å². The molecule has 2 rings (SSSR count). The topological polar surface area (TPSA) is 86.7 Å². The number of carbonyl (C=O) groups is 3. The van der Waals surface area contributed by atoms with Crippen LogP contribution in [0.2, 0.25) is 0 Å². The number of carbonyl (C=O) groups excluding carboxylic acids is 2. The Morgan fingerprint density at radius 1 is 1.38 bits per heavy atom. The first kappa shape index (κ1) is 20.8. The van der Waals surface area contributed by atoms with Gasteiger partial charge in [-0.3, -0.25) is 9.59 Å². The molecule has 1 aliphatic rings. The number of carboxylic acid groups (broad SMARTS) is 1. The number of amides is 2. The normalized spacial score (nSPS) is 17.8. The summed E-state index contributed by atoms with van der Waals surface area (Å²) in [6, 6.07) is 4.90. The van der Waals surface area contributed by atoms with Gasteiger partial charge >= 0.3 is 5.97 Å². The van der Waals surface area contributed by atoms with Crippen LogP contribution in [0.5, 0.6) is 0 Å². The molecule has 1 heterocycles. The molecule has 7 heteroatoms. The third-order valence-corrected chi connectivity index (χ3v) is 4.09. The molecule has 0 aromatic heterocycles. The summed E-state index contributed by atoms with van der Waals surface area (Å²) < 4.78 is 0. The molecule has 2 amide bonds. The van der Waals surface area contributed by atoms with Crippen LogP contribution in [0.25, 0.3) is 0 Å². The predicted octanol–water partition coefficient (Wildman–Crippen LogP) is 1.30. The second kappa shape index (κ2) is 8.72. The van der Waals surface area contributed by atoms with E-state index in [4.69, 9.17) is 5.11 Å². The van der Waals surface area contributed by atoms with Crippen LogP contribution in [0.3, 0.4) is 0 Å². The fourth-order valence-corrected chi connectivity index (χ4v) is 2.79. The quantitative estimate of drug-likeness (QED) is 0.738. The van der Waals surface area contributed by atoms with Crippen molar-refractivity contribution in [3.63, 3.8) is 0 Å². The van der Waals surface area contributed by atoms with Gasteiger partial charge in [0.1, 0.15) is 12.1 Å². The molecule has 0 spiro atoms. The molecule has 1 saturated heterocycles. The second-order valence-corrected chi connectivity index (χ2v) is 5.94. The van der Waals surface area contributed by atoms with Crippen LogP contribution in [-0.4, -0.2) is 46.4 Å². The maximum absolute atomic E-state index is 12.4. The van der Waals surface area contributed by atoms with E-state index in [1.807, 2.05) is 6.92 Å². The summed E-state index contributed by atoms with van der Waals surface area (Å²) in [5.41, 5.74) is 2.11. The maximum Gasteiger partial charge on any atom is 0.326 e. The molecule has 1 radical (unpaired) electrons. The van der Waals surface area contributed by atoms with Gasteiger partial charge in [-0.2, -0.15) is 23.8 Å². The number of carboxylic acids is 1. The van der Waals surface area contributed by atoms with Gasteiger partial charge < -0.3 is 15.3 Å². The van der Waals surface area contributed by atoms with Crippen molar-refractivity contribution in [1.29, 1.82) is 0 Å². The Labute approximate surface area is 166 Å². The first-order chi connectivity index (χ1) is 10.8. The molecular formula is C17H21N2O4Y-. The Kier molecular flexibility index (Phi) is 7.55. The zero-order valence-corrected chi connectivity index (χ0v) is 17.0. The Morgan fingerprint density at radius 2 is 2.04 bits per heavy atom. The summed E-state index contributed by atoms with van der Waals surface area (Å²) in [5, 5.41) is 11.8. The SMILES string of the molecule is Cc1[c-]cc(C)c(C(=O)N[C@@H](C)C(=O)N2CCC[C@H]2C(=O)O)c1.[Y]. The van der Waals surface area contributed by atoms with E-state index in [9.17, 15) is 14.4 Å². The Bertz CT molecular complexity index is 647. The molecule has 0 aliphatic carbocycles. The molecule has 127 valence electrons. The predicted molar refractivity (Wildman–Crippen MR) is 84.1 cm³/mol. The number of likely N-dealkylation sites (tertiary alicyclic amines) is 1. The largest absolute Gasteiger partial charge is 0.480 e. The van der Waals surface area contributed by atoms with E-state index in [2.05, 4.69) is 11.4 Å². The van der Waals surface area contributed by atoms with Crippen LogP contribution in [0.1, 0.15) is 41.3 Å². The van der Waals surface area contributed by atoms with Crippen molar-refractivity contribution in [2.24, 2.45) is 0 Å². The molecule has 0 bridgehead atoms. The standard InChI is InChI=1S/C17H21N2O4.Y/c1-10-6-7-11(2)13(9-10)15(20)18-12(3)16(21)19-8-4-5-14(19)17(22)23;/h7,9,12,14H,4-5,8H2,1-3H3,(H,18,20)(H,22,23);/q-1;/t12-,14-;/m0./s1. The molecule has 1 aliphatic heterocycles. The fraction of sp³-hybridized carbons (Fsp3) is 0.471. The van der Waals surface area contributed by atoms with Crippen LogP contribution in [0, 0.1) is 19.9 Å². The van der Waals surface area contributed by atoms with Gasteiger partial charge in [-0.05, 0) is 19.8 Å². The van der Waals surface area contributed by atoms with Crippen molar-refractivity contribution in [2.45, 2.75) is 45.7 Å².